The van der Waals surface area contributed by atoms with Gasteiger partial charge < -0.3 is 19.9 Å². The molecular weight excluding hydrogens is 254 g/mol. The third-order valence-corrected chi connectivity index (χ3v) is 3.59. The van der Waals surface area contributed by atoms with Gasteiger partial charge in [-0.2, -0.15) is 0 Å². The van der Waals surface area contributed by atoms with Crippen molar-refractivity contribution in [3.8, 4) is 11.5 Å². The highest BCUT2D eigenvalue weighted by molar-refractivity contribution is 5.31. The van der Waals surface area contributed by atoms with Crippen LogP contribution < -0.4 is 14.8 Å². The molecule has 0 amide bonds. The zero-order valence-electron chi connectivity index (χ0n) is 12.3. The molecule has 4 nitrogen and oxygen atoms in total. The van der Waals surface area contributed by atoms with Crippen molar-refractivity contribution in [1.82, 2.24) is 5.32 Å². The largest absolute Gasteiger partial charge is 0.497 e. The Morgan fingerprint density at radius 3 is 2.50 bits per heavy atom. The van der Waals surface area contributed by atoms with E-state index in [0.717, 1.165) is 17.4 Å². The summed E-state index contributed by atoms with van der Waals surface area (Å²) in [7, 11) is 1.63. The maximum absolute atomic E-state index is 9.90. The lowest BCUT2D eigenvalue weighted by Gasteiger charge is -2.17. The molecule has 2 N–H and O–H groups in total. The highest BCUT2D eigenvalue weighted by Crippen LogP contribution is 2.33. The Morgan fingerprint density at radius 2 is 1.90 bits per heavy atom. The summed E-state index contributed by atoms with van der Waals surface area (Å²) in [6.45, 7) is 3.05. The Labute approximate surface area is 121 Å². The second-order valence-corrected chi connectivity index (χ2v) is 5.63. The van der Waals surface area contributed by atoms with Gasteiger partial charge in [0, 0.05) is 12.6 Å². The molecule has 20 heavy (non-hydrogen) atoms. The van der Waals surface area contributed by atoms with Gasteiger partial charge in [-0.1, -0.05) is 12.8 Å². The molecular formula is C16H25NO3. The van der Waals surface area contributed by atoms with E-state index in [0.29, 0.717) is 19.2 Å². The number of rotatable bonds is 9. The van der Waals surface area contributed by atoms with E-state index >= 15 is 0 Å². The quantitative estimate of drug-likeness (QED) is 0.727. The summed E-state index contributed by atoms with van der Waals surface area (Å²) < 4.78 is 10.6. The van der Waals surface area contributed by atoms with Crippen molar-refractivity contribution in [2.24, 2.45) is 5.92 Å². The molecule has 0 aliphatic heterocycles. The summed E-state index contributed by atoms with van der Waals surface area (Å²) >= 11 is 0. The fourth-order valence-electron chi connectivity index (χ4n) is 2.20. The molecule has 0 radical (unpaired) electrons. The molecule has 1 aromatic carbocycles. The molecule has 2 unspecified atom stereocenters. The number of aliphatic hydroxyl groups excluding tert-OH is 1. The van der Waals surface area contributed by atoms with Crippen LogP contribution in [0.3, 0.4) is 0 Å². The maximum atomic E-state index is 9.90. The van der Waals surface area contributed by atoms with E-state index in [1.54, 1.807) is 7.11 Å². The maximum Gasteiger partial charge on any atom is 0.119 e. The van der Waals surface area contributed by atoms with Gasteiger partial charge in [0.05, 0.1) is 7.11 Å². The highest BCUT2D eigenvalue weighted by atomic mass is 16.5. The van der Waals surface area contributed by atoms with Crippen LogP contribution in [0.4, 0.5) is 0 Å². The van der Waals surface area contributed by atoms with Crippen LogP contribution in [0.5, 0.6) is 11.5 Å². The third-order valence-electron chi connectivity index (χ3n) is 3.59. The van der Waals surface area contributed by atoms with Gasteiger partial charge in [0.2, 0.25) is 0 Å². The lowest BCUT2D eigenvalue weighted by Crippen LogP contribution is -2.36. The van der Waals surface area contributed by atoms with E-state index in [1.165, 1.54) is 19.3 Å². The molecule has 112 valence electrons. The minimum absolute atomic E-state index is 0.301. The summed E-state index contributed by atoms with van der Waals surface area (Å²) in [4.78, 5) is 0. The highest BCUT2D eigenvalue weighted by Gasteiger charge is 2.23. The van der Waals surface area contributed by atoms with Gasteiger partial charge in [-0.05, 0) is 43.5 Å². The van der Waals surface area contributed by atoms with Gasteiger partial charge in [-0.3, -0.25) is 0 Å². The summed E-state index contributed by atoms with van der Waals surface area (Å²) in [5.74, 6) is 2.45. The molecule has 1 aliphatic rings. The average Bonchev–Trinajstić information content (AvgIpc) is 3.27. The lowest BCUT2D eigenvalue weighted by atomic mass is 10.1. The van der Waals surface area contributed by atoms with Crippen LogP contribution in [-0.2, 0) is 0 Å². The van der Waals surface area contributed by atoms with Gasteiger partial charge in [0.15, 0.2) is 0 Å². The number of benzene rings is 1. The van der Waals surface area contributed by atoms with Gasteiger partial charge in [0.25, 0.3) is 0 Å². The minimum atomic E-state index is -0.487. The zero-order chi connectivity index (χ0) is 14.4. The SMILES string of the molecule is COc1ccc(OCC(O)CNC(C)CC2CC2)cc1. The fraction of sp³-hybridized carbons (Fsp3) is 0.625. The molecule has 1 aliphatic carbocycles. The fourth-order valence-corrected chi connectivity index (χ4v) is 2.20. The van der Waals surface area contributed by atoms with E-state index in [1.807, 2.05) is 24.3 Å². The molecule has 1 aromatic rings. The first-order chi connectivity index (χ1) is 9.67. The molecule has 0 aromatic heterocycles. The second kappa shape index (κ2) is 7.50. The Bertz CT molecular complexity index is 389. The second-order valence-electron chi connectivity index (χ2n) is 5.63. The first-order valence-electron chi connectivity index (χ1n) is 7.35. The van der Waals surface area contributed by atoms with Crippen LogP contribution in [0.25, 0.3) is 0 Å². The Balaban J connectivity index is 1.61. The third kappa shape index (κ3) is 5.39. The van der Waals surface area contributed by atoms with Crippen LogP contribution in [-0.4, -0.2) is 37.5 Å². The zero-order valence-corrected chi connectivity index (χ0v) is 12.3. The summed E-state index contributed by atoms with van der Waals surface area (Å²) in [6.07, 6.45) is 3.47. The first-order valence-corrected chi connectivity index (χ1v) is 7.35. The monoisotopic (exact) mass is 279 g/mol. The van der Waals surface area contributed by atoms with Crippen molar-refractivity contribution in [2.45, 2.75) is 38.3 Å². The van der Waals surface area contributed by atoms with Crippen LogP contribution in [0.1, 0.15) is 26.2 Å². The molecule has 1 saturated carbocycles. The van der Waals surface area contributed by atoms with Crippen molar-refractivity contribution in [3.05, 3.63) is 24.3 Å². The van der Waals surface area contributed by atoms with Crippen LogP contribution >= 0.6 is 0 Å². The smallest absolute Gasteiger partial charge is 0.119 e. The Morgan fingerprint density at radius 1 is 1.25 bits per heavy atom. The van der Waals surface area contributed by atoms with Crippen LogP contribution in [0.15, 0.2) is 24.3 Å². The Hall–Kier alpha value is -1.26. The van der Waals surface area contributed by atoms with Gasteiger partial charge in [0.1, 0.15) is 24.2 Å². The topological polar surface area (TPSA) is 50.7 Å². The first kappa shape index (κ1) is 15.1. The van der Waals surface area contributed by atoms with Gasteiger partial charge >= 0.3 is 0 Å². The normalized spacial score (nSPS) is 17.6. The molecule has 0 heterocycles. The predicted molar refractivity (Wildman–Crippen MR) is 79.3 cm³/mol. The summed E-state index contributed by atoms with van der Waals surface area (Å²) in [6, 6.07) is 7.84. The molecule has 2 rings (SSSR count). The Kier molecular flexibility index (Phi) is 5.68. The van der Waals surface area contributed by atoms with Crippen LogP contribution in [0.2, 0.25) is 0 Å². The number of ether oxygens (including phenoxy) is 2. The van der Waals surface area contributed by atoms with Crippen LogP contribution in [0, 0.1) is 5.92 Å². The molecule has 0 spiro atoms. The molecule has 4 heteroatoms. The average molecular weight is 279 g/mol. The van der Waals surface area contributed by atoms with Crippen molar-refractivity contribution < 1.29 is 14.6 Å². The number of aliphatic hydroxyl groups is 1. The summed E-state index contributed by atoms with van der Waals surface area (Å²) in [5, 5.41) is 13.3. The van der Waals surface area contributed by atoms with E-state index in [-0.39, 0.29) is 0 Å². The minimum Gasteiger partial charge on any atom is -0.497 e. The number of methoxy groups -OCH3 is 1. The summed E-state index contributed by atoms with van der Waals surface area (Å²) in [5.41, 5.74) is 0. The van der Waals surface area contributed by atoms with Crippen molar-refractivity contribution in [2.75, 3.05) is 20.3 Å². The molecule has 0 saturated heterocycles. The van der Waals surface area contributed by atoms with E-state index < -0.39 is 6.10 Å². The predicted octanol–water partition coefficient (Wildman–Crippen LogP) is 2.21. The van der Waals surface area contributed by atoms with E-state index in [4.69, 9.17) is 9.47 Å². The number of nitrogens with one attached hydrogen (secondary N) is 1. The van der Waals surface area contributed by atoms with E-state index in [9.17, 15) is 5.11 Å². The van der Waals surface area contributed by atoms with Crippen molar-refractivity contribution in [3.63, 3.8) is 0 Å². The molecule has 2 atom stereocenters. The van der Waals surface area contributed by atoms with Gasteiger partial charge in [-0.25, -0.2) is 0 Å². The van der Waals surface area contributed by atoms with Crippen molar-refractivity contribution in [1.29, 1.82) is 0 Å². The van der Waals surface area contributed by atoms with E-state index in [2.05, 4.69) is 12.2 Å². The molecule has 0 bridgehead atoms. The van der Waals surface area contributed by atoms with Gasteiger partial charge in [-0.15, -0.1) is 0 Å². The number of hydrogen-bond donors (Lipinski definition) is 2. The lowest BCUT2D eigenvalue weighted by molar-refractivity contribution is 0.103. The van der Waals surface area contributed by atoms with Crippen molar-refractivity contribution >= 4 is 0 Å². The number of hydrogen-bond acceptors (Lipinski definition) is 4. The standard InChI is InChI=1S/C16H25NO3/c1-12(9-13-3-4-13)17-10-14(18)11-20-16-7-5-15(19-2)6-8-16/h5-8,12-14,17-18H,3-4,9-11H2,1-2H3. The molecule has 1 fully saturated rings.